The lowest BCUT2D eigenvalue weighted by molar-refractivity contribution is -0.265. The summed E-state index contributed by atoms with van der Waals surface area (Å²) in [6, 6.07) is 0. The van der Waals surface area contributed by atoms with Crippen molar-refractivity contribution in [3.05, 3.63) is 0 Å². The predicted molar refractivity (Wildman–Crippen MR) is 90.0 cm³/mol. The van der Waals surface area contributed by atoms with E-state index >= 15 is 0 Å². The molecule has 0 aromatic rings. The Kier molecular flexibility index (Phi) is 4.00. The van der Waals surface area contributed by atoms with Gasteiger partial charge in [0.2, 0.25) is 6.29 Å². The van der Waals surface area contributed by atoms with Gasteiger partial charge in [-0.1, -0.05) is 33.6 Å². The maximum Gasteiger partial charge on any atom is 0.311 e. The number of fused-ring (bicyclic) bond motifs is 1. The molecule has 3 aliphatic heterocycles. The van der Waals surface area contributed by atoms with E-state index in [1.165, 1.54) is 12.8 Å². The summed E-state index contributed by atoms with van der Waals surface area (Å²) in [5.74, 6) is 1.38. The first-order chi connectivity index (χ1) is 11.4. The van der Waals surface area contributed by atoms with Gasteiger partial charge in [-0.2, -0.15) is 0 Å². The molecule has 7 atom stereocenters. The van der Waals surface area contributed by atoms with Gasteiger partial charge in [0.25, 0.3) is 0 Å². The molecule has 2 bridgehead atoms. The smallest absolute Gasteiger partial charge is 0.311 e. The van der Waals surface area contributed by atoms with Crippen molar-refractivity contribution in [3.8, 4) is 0 Å². The molecule has 0 radical (unpaired) electrons. The number of carbonyl (C=O) groups is 1. The molecule has 4 aliphatic rings. The van der Waals surface area contributed by atoms with E-state index in [1.54, 1.807) is 0 Å². The minimum Gasteiger partial charge on any atom is -0.432 e. The summed E-state index contributed by atoms with van der Waals surface area (Å²) in [5, 5.41) is 0. The zero-order valence-electron chi connectivity index (χ0n) is 15.5. The Balaban J connectivity index is 1.63. The summed E-state index contributed by atoms with van der Waals surface area (Å²) >= 11 is 0. The van der Waals surface area contributed by atoms with Crippen LogP contribution in [0.15, 0.2) is 0 Å². The molecular formula is C20H32O4. The van der Waals surface area contributed by atoms with Gasteiger partial charge in [-0.25, -0.2) is 0 Å². The van der Waals surface area contributed by atoms with E-state index in [1.807, 2.05) is 6.92 Å². The summed E-state index contributed by atoms with van der Waals surface area (Å²) in [7, 11) is 0. The molecule has 4 fully saturated rings. The lowest BCUT2D eigenvalue weighted by Crippen LogP contribution is -2.65. The molecule has 0 amide bonds. The van der Waals surface area contributed by atoms with Crippen molar-refractivity contribution >= 4 is 5.97 Å². The Hall–Kier alpha value is -0.610. The molecule has 4 heteroatoms. The SMILES string of the molecule is CC(C)CCC[C@H]1C(=O)O[C@@H]2O[C@@]3(C)CC[C@H]4[C@H](C)CC[C@@H]1[C@@]24O3. The van der Waals surface area contributed by atoms with Crippen molar-refractivity contribution in [3.63, 3.8) is 0 Å². The quantitative estimate of drug-likeness (QED) is 0.719. The Morgan fingerprint density at radius 2 is 2.00 bits per heavy atom. The molecule has 0 unspecified atom stereocenters. The zero-order chi connectivity index (χ0) is 17.1. The molecule has 3 heterocycles. The van der Waals surface area contributed by atoms with E-state index in [-0.39, 0.29) is 23.4 Å². The molecule has 3 saturated heterocycles. The van der Waals surface area contributed by atoms with E-state index in [9.17, 15) is 4.79 Å². The molecule has 4 nitrogen and oxygen atoms in total. The summed E-state index contributed by atoms with van der Waals surface area (Å²) in [4.78, 5) is 12.7. The van der Waals surface area contributed by atoms with Crippen LogP contribution in [0.4, 0.5) is 0 Å². The number of hydrogen-bond donors (Lipinski definition) is 0. The number of hydrogen-bond acceptors (Lipinski definition) is 4. The second-order valence-electron chi connectivity index (χ2n) is 9.21. The average Bonchev–Trinajstić information content (AvgIpc) is 2.72. The van der Waals surface area contributed by atoms with Crippen LogP contribution in [0.2, 0.25) is 0 Å². The fraction of sp³-hybridized carbons (Fsp3) is 0.950. The van der Waals surface area contributed by atoms with Crippen LogP contribution < -0.4 is 0 Å². The van der Waals surface area contributed by atoms with Gasteiger partial charge in [-0.05, 0) is 50.4 Å². The Labute approximate surface area is 145 Å². The van der Waals surface area contributed by atoms with Gasteiger partial charge < -0.3 is 14.2 Å². The van der Waals surface area contributed by atoms with Crippen molar-refractivity contribution in [2.45, 2.75) is 90.3 Å². The minimum atomic E-state index is -0.566. The number of carbonyl (C=O) groups excluding carboxylic acids is 1. The predicted octanol–water partition coefficient (Wildman–Crippen LogP) is 4.27. The lowest BCUT2D eigenvalue weighted by Gasteiger charge is -2.56. The highest BCUT2D eigenvalue weighted by molar-refractivity contribution is 5.74. The summed E-state index contributed by atoms with van der Waals surface area (Å²) < 4.78 is 18.6. The van der Waals surface area contributed by atoms with Gasteiger partial charge in [0.1, 0.15) is 5.60 Å². The highest BCUT2D eigenvalue weighted by Crippen LogP contribution is 2.63. The summed E-state index contributed by atoms with van der Waals surface area (Å²) in [6.07, 6.45) is 6.99. The molecule has 0 N–H and O–H groups in total. The van der Waals surface area contributed by atoms with Gasteiger partial charge in [0, 0.05) is 12.3 Å². The van der Waals surface area contributed by atoms with Crippen LogP contribution in [0.3, 0.4) is 0 Å². The molecule has 0 aromatic heterocycles. The van der Waals surface area contributed by atoms with Gasteiger partial charge in [-0.15, -0.1) is 0 Å². The van der Waals surface area contributed by atoms with Crippen LogP contribution in [0, 0.1) is 29.6 Å². The highest BCUT2D eigenvalue weighted by atomic mass is 16.8. The molecular weight excluding hydrogens is 304 g/mol. The van der Waals surface area contributed by atoms with E-state index in [2.05, 4.69) is 20.8 Å². The van der Waals surface area contributed by atoms with Crippen molar-refractivity contribution in [1.29, 1.82) is 0 Å². The third-order valence-electron chi connectivity index (χ3n) is 7.11. The molecule has 0 aromatic carbocycles. The first-order valence-electron chi connectivity index (χ1n) is 9.94. The molecule has 136 valence electrons. The Morgan fingerprint density at radius 1 is 1.21 bits per heavy atom. The first-order valence-corrected chi connectivity index (χ1v) is 9.94. The van der Waals surface area contributed by atoms with E-state index in [0.29, 0.717) is 17.8 Å². The maximum absolute atomic E-state index is 12.7. The van der Waals surface area contributed by atoms with E-state index < -0.39 is 12.1 Å². The zero-order valence-corrected chi connectivity index (χ0v) is 15.5. The van der Waals surface area contributed by atoms with Crippen LogP contribution in [0.25, 0.3) is 0 Å². The van der Waals surface area contributed by atoms with Crippen molar-refractivity contribution < 1.29 is 19.0 Å². The maximum atomic E-state index is 12.7. The van der Waals surface area contributed by atoms with Crippen molar-refractivity contribution in [2.24, 2.45) is 29.6 Å². The van der Waals surface area contributed by atoms with Gasteiger partial charge in [0.15, 0.2) is 5.79 Å². The van der Waals surface area contributed by atoms with E-state index in [0.717, 1.165) is 32.1 Å². The standard InChI is InChI=1S/C20H32O4/c1-12(2)6-5-7-14-16-9-8-13(3)15-10-11-19(4)23-18(22-17(14)21)20(15,16)24-19/h12-16,18H,5-11H2,1-4H3/t13-,14-,15+,16+,18-,19-,20-/m1/s1. The van der Waals surface area contributed by atoms with Gasteiger partial charge >= 0.3 is 5.97 Å². The molecule has 4 rings (SSSR count). The van der Waals surface area contributed by atoms with Crippen LogP contribution in [-0.4, -0.2) is 23.6 Å². The third kappa shape index (κ3) is 2.36. The van der Waals surface area contributed by atoms with Crippen molar-refractivity contribution in [1.82, 2.24) is 0 Å². The Morgan fingerprint density at radius 3 is 2.75 bits per heavy atom. The lowest BCUT2D eigenvalue weighted by atomic mass is 9.56. The fourth-order valence-corrected chi connectivity index (χ4v) is 5.95. The molecule has 1 saturated carbocycles. The fourth-order valence-electron chi connectivity index (χ4n) is 5.95. The molecule has 1 aliphatic carbocycles. The number of ether oxygens (including phenoxy) is 3. The first kappa shape index (κ1) is 16.8. The normalized spacial score (nSPS) is 49.9. The molecule has 1 spiro atoms. The average molecular weight is 336 g/mol. The largest absolute Gasteiger partial charge is 0.432 e. The van der Waals surface area contributed by atoms with Gasteiger partial charge in [0.05, 0.1) is 5.92 Å². The van der Waals surface area contributed by atoms with Crippen LogP contribution in [0.1, 0.15) is 72.6 Å². The second-order valence-corrected chi connectivity index (χ2v) is 9.21. The topological polar surface area (TPSA) is 44.8 Å². The third-order valence-corrected chi connectivity index (χ3v) is 7.11. The van der Waals surface area contributed by atoms with Crippen LogP contribution in [-0.2, 0) is 19.0 Å². The van der Waals surface area contributed by atoms with Gasteiger partial charge in [-0.3, -0.25) is 4.79 Å². The Bertz CT molecular complexity index is 518. The number of rotatable bonds is 4. The summed E-state index contributed by atoms with van der Waals surface area (Å²) in [6.45, 7) is 8.84. The highest BCUT2D eigenvalue weighted by Gasteiger charge is 2.72. The van der Waals surface area contributed by atoms with Crippen molar-refractivity contribution in [2.75, 3.05) is 0 Å². The van der Waals surface area contributed by atoms with Crippen LogP contribution >= 0.6 is 0 Å². The molecule has 24 heavy (non-hydrogen) atoms. The monoisotopic (exact) mass is 336 g/mol. The van der Waals surface area contributed by atoms with Crippen LogP contribution in [0.5, 0.6) is 0 Å². The second kappa shape index (κ2) is 5.70. The summed E-state index contributed by atoms with van der Waals surface area (Å²) in [5.41, 5.74) is -0.388. The van der Waals surface area contributed by atoms with E-state index in [4.69, 9.17) is 14.2 Å². The number of esters is 1. The minimum absolute atomic E-state index is 0.0148.